The predicted molar refractivity (Wildman–Crippen MR) is 71.0 cm³/mol. The second-order valence-electron chi connectivity index (χ2n) is 3.47. The molecule has 0 saturated heterocycles. The Bertz CT molecular complexity index is 413. The molecule has 1 aromatic carbocycles. The van der Waals surface area contributed by atoms with Crippen LogP contribution in [0.3, 0.4) is 0 Å². The number of carbonyl (C=O) groups is 1. The van der Waals surface area contributed by atoms with Gasteiger partial charge < -0.3 is 9.47 Å². The SMILES string of the molecule is CCOC(=O)C(CC)=NNc1ccc(OC)cc1. The van der Waals surface area contributed by atoms with Gasteiger partial charge in [-0.15, -0.1) is 0 Å². The highest BCUT2D eigenvalue weighted by Crippen LogP contribution is 2.14. The Hall–Kier alpha value is -2.04. The van der Waals surface area contributed by atoms with E-state index < -0.39 is 0 Å². The first-order chi connectivity index (χ1) is 8.71. The largest absolute Gasteiger partial charge is 0.497 e. The molecule has 18 heavy (non-hydrogen) atoms. The number of rotatable bonds is 6. The summed E-state index contributed by atoms with van der Waals surface area (Å²) in [6.45, 7) is 3.97. The van der Waals surface area contributed by atoms with Crippen molar-refractivity contribution in [1.82, 2.24) is 0 Å². The Labute approximate surface area is 107 Å². The van der Waals surface area contributed by atoms with E-state index >= 15 is 0 Å². The molecule has 1 rings (SSSR count). The fourth-order valence-electron chi connectivity index (χ4n) is 1.28. The Morgan fingerprint density at radius 1 is 1.28 bits per heavy atom. The Morgan fingerprint density at radius 2 is 1.94 bits per heavy atom. The maximum absolute atomic E-state index is 11.5. The molecule has 0 saturated carbocycles. The predicted octanol–water partition coefficient (Wildman–Crippen LogP) is 2.44. The number of hydrogen-bond acceptors (Lipinski definition) is 5. The topological polar surface area (TPSA) is 59.9 Å². The maximum Gasteiger partial charge on any atom is 0.354 e. The van der Waals surface area contributed by atoms with Crippen molar-refractivity contribution in [3.8, 4) is 5.75 Å². The van der Waals surface area contributed by atoms with Crippen molar-refractivity contribution in [1.29, 1.82) is 0 Å². The van der Waals surface area contributed by atoms with Gasteiger partial charge in [-0.05, 0) is 37.6 Å². The van der Waals surface area contributed by atoms with Crippen molar-refractivity contribution in [2.45, 2.75) is 20.3 Å². The minimum Gasteiger partial charge on any atom is -0.497 e. The molecule has 0 spiro atoms. The van der Waals surface area contributed by atoms with Gasteiger partial charge >= 0.3 is 5.97 Å². The van der Waals surface area contributed by atoms with Crippen molar-refractivity contribution in [3.63, 3.8) is 0 Å². The number of methoxy groups -OCH3 is 1. The molecule has 0 heterocycles. The van der Waals surface area contributed by atoms with E-state index in [2.05, 4.69) is 10.5 Å². The number of hydrogen-bond donors (Lipinski definition) is 1. The van der Waals surface area contributed by atoms with Crippen LogP contribution < -0.4 is 10.2 Å². The number of ether oxygens (including phenoxy) is 2. The first kappa shape index (κ1) is 14.0. The molecule has 0 aromatic heterocycles. The van der Waals surface area contributed by atoms with Crippen LogP contribution in [0.4, 0.5) is 5.69 Å². The molecule has 0 aliphatic carbocycles. The standard InChI is InChI=1S/C13H18N2O3/c1-4-12(13(16)18-5-2)15-14-10-6-8-11(17-3)9-7-10/h6-9,14H,4-5H2,1-3H3. The lowest BCUT2D eigenvalue weighted by molar-refractivity contribution is -0.135. The van der Waals surface area contributed by atoms with Crippen molar-refractivity contribution in [2.75, 3.05) is 19.1 Å². The first-order valence-corrected chi connectivity index (χ1v) is 5.85. The van der Waals surface area contributed by atoms with Crippen LogP contribution >= 0.6 is 0 Å². The van der Waals surface area contributed by atoms with Gasteiger partial charge in [-0.25, -0.2) is 4.79 Å². The summed E-state index contributed by atoms with van der Waals surface area (Å²) in [5, 5.41) is 4.04. The highest BCUT2D eigenvalue weighted by molar-refractivity contribution is 6.36. The van der Waals surface area contributed by atoms with Gasteiger partial charge in [0, 0.05) is 0 Å². The van der Waals surface area contributed by atoms with E-state index in [4.69, 9.17) is 9.47 Å². The van der Waals surface area contributed by atoms with Gasteiger partial charge in [-0.1, -0.05) is 6.92 Å². The Kier molecular flexibility index (Phi) is 5.70. The quantitative estimate of drug-likeness (QED) is 0.478. The molecule has 0 radical (unpaired) electrons. The van der Waals surface area contributed by atoms with Crippen LogP contribution in [0.2, 0.25) is 0 Å². The van der Waals surface area contributed by atoms with Gasteiger partial charge in [0.15, 0.2) is 0 Å². The lowest BCUT2D eigenvalue weighted by Crippen LogP contribution is -2.18. The summed E-state index contributed by atoms with van der Waals surface area (Å²) in [5.41, 5.74) is 3.97. The lowest BCUT2D eigenvalue weighted by atomic mass is 10.3. The van der Waals surface area contributed by atoms with Gasteiger partial charge in [0.2, 0.25) is 0 Å². The average Bonchev–Trinajstić information content (AvgIpc) is 2.40. The third-order valence-corrected chi connectivity index (χ3v) is 2.26. The molecule has 0 bridgehead atoms. The molecule has 98 valence electrons. The van der Waals surface area contributed by atoms with E-state index in [0.29, 0.717) is 18.7 Å². The molecule has 5 heteroatoms. The zero-order valence-corrected chi connectivity index (χ0v) is 10.9. The molecule has 5 nitrogen and oxygen atoms in total. The van der Waals surface area contributed by atoms with E-state index in [9.17, 15) is 4.79 Å². The number of nitrogens with one attached hydrogen (secondary N) is 1. The van der Waals surface area contributed by atoms with E-state index in [1.54, 1.807) is 14.0 Å². The molecular weight excluding hydrogens is 232 g/mol. The van der Waals surface area contributed by atoms with Crippen LogP contribution in [0.5, 0.6) is 5.75 Å². The van der Waals surface area contributed by atoms with Crippen LogP contribution in [0.1, 0.15) is 20.3 Å². The van der Waals surface area contributed by atoms with Crippen LogP contribution in [-0.2, 0) is 9.53 Å². The summed E-state index contributed by atoms with van der Waals surface area (Å²) >= 11 is 0. The van der Waals surface area contributed by atoms with Crippen LogP contribution in [0.25, 0.3) is 0 Å². The zero-order valence-electron chi connectivity index (χ0n) is 10.9. The number of nitrogens with zero attached hydrogens (tertiary/aromatic N) is 1. The van der Waals surface area contributed by atoms with Crippen LogP contribution in [-0.4, -0.2) is 25.4 Å². The molecule has 0 atom stereocenters. The average molecular weight is 250 g/mol. The van der Waals surface area contributed by atoms with E-state index in [1.165, 1.54) is 0 Å². The normalized spacial score (nSPS) is 10.9. The van der Waals surface area contributed by atoms with Crippen molar-refractivity contribution >= 4 is 17.4 Å². The summed E-state index contributed by atoms with van der Waals surface area (Å²) < 4.78 is 9.94. The van der Waals surface area contributed by atoms with E-state index in [1.807, 2.05) is 31.2 Å². The third-order valence-electron chi connectivity index (χ3n) is 2.26. The Balaban J connectivity index is 2.67. The third kappa shape index (κ3) is 4.08. The molecule has 0 amide bonds. The van der Waals surface area contributed by atoms with Crippen molar-refractivity contribution in [3.05, 3.63) is 24.3 Å². The number of anilines is 1. The molecule has 1 aromatic rings. The fraction of sp³-hybridized carbons (Fsp3) is 0.385. The highest BCUT2D eigenvalue weighted by atomic mass is 16.5. The molecule has 0 unspecified atom stereocenters. The van der Waals surface area contributed by atoms with Gasteiger partial charge in [-0.3, -0.25) is 5.43 Å². The number of esters is 1. The number of benzene rings is 1. The first-order valence-electron chi connectivity index (χ1n) is 5.85. The monoisotopic (exact) mass is 250 g/mol. The minimum atomic E-state index is -0.388. The Morgan fingerprint density at radius 3 is 2.44 bits per heavy atom. The number of hydrazone groups is 1. The lowest BCUT2D eigenvalue weighted by Gasteiger charge is -2.05. The molecule has 0 aliphatic heterocycles. The van der Waals surface area contributed by atoms with Crippen LogP contribution in [0, 0.1) is 0 Å². The van der Waals surface area contributed by atoms with Crippen molar-refractivity contribution in [2.24, 2.45) is 5.10 Å². The fourth-order valence-corrected chi connectivity index (χ4v) is 1.28. The molecule has 0 aliphatic rings. The van der Waals surface area contributed by atoms with Crippen molar-refractivity contribution < 1.29 is 14.3 Å². The smallest absolute Gasteiger partial charge is 0.354 e. The molecule has 0 fully saturated rings. The van der Waals surface area contributed by atoms with Gasteiger partial charge in [0.05, 0.1) is 19.4 Å². The number of carbonyl (C=O) groups excluding carboxylic acids is 1. The van der Waals surface area contributed by atoms with Gasteiger partial charge in [0.25, 0.3) is 0 Å². The zero-order chi connectivity index (χ0) is 13.4. The highest BCUT2D eigenvalue weighted by Gasteiger charge is 2.09. The summed E-state index contributed by atoms with van der Waals surface area (Å²) in [6, 6.07) is 7.27. The second-order valence-corrected chi connectivity index (χ2v) is 3.47. The van der Waals surface area contributed by atoms with Gasteiger partial charge in [-0.2, -0.15) is 5.10 Å². The molecule has 1 N–H and O–H groups in total. The van der Waals surface area contributed by atoms with E-state index in [-0.39, 0.29) is 5.97 Å². The van der Waals surface area contributed by atoms with Gasteiger partial charge in [0.1, 0.15) is 11.5 Å². The summed E-state index contributed by atoms with van der Waals surface area (Å²) in [7, 11) is 1.61. The summed E-state index contributed by atoms with van der Waals surface area (Å²) in [6.07, 6.45) is 0.516. The maximum atomic E-state index is 11.5. The minimum absolute atomic E-state index is 0.348. The molecular formula is C13H18N2O3. The summed E-state index contributed by atoms with van der Waals surface area (Å²) in [4.78, 5) is 11.5. The van der Waals surface area contributed by atoms with Crippen LogP contribution in [0.15, 0.2) is 29.4 Å². The summed E-state index contributed by atoms with van der Waals surface area (Å²) in [5.74, 6) is 0.381. The second kappa shape index (κ2) is 7.32. The van der Waals surface area contributed by atoms with E-state index in [0.717, 1.165) is 11.4 Å².